The van der Waals surface area contributed by atoms with E-state index in [-0.39, 0.29) is 11.9 Å². The number of ketones is 1. The third kappa shape index (κ3) is 3.47. The summed E-state index contributed by atoms with van der Waals surface area (Å²) in [6.07, 6.45) is 4.83. The SMILES string of the molecule is CCn1cc(C(=O)CCC(C)OC)cn1. The average Bonchev–Trinajstić information content (AvgIpc) is 2.73. The number of ether oxygens (including phenoxy) is 1. The van der Waals surface area contributed by atoms with E-state index in [9.17, 15) is 4.79 Å². The molecule has 4 heteroatoms. The highest BCUT2D eigenvalue weighted by molar-refractivity contribution is 5.95. The molecule has 0 aliphatic carbocycles. The molecule has 0 saturated heterocycles. The second-order valence-electron chi connectivity index (χ2n) is 3.59. The standard InChI is InChI=1S/C11H18N2O2/c1-4-13-8-10(7-12-13)11(14)6-5-9(2)15-3/h7-9H,4-6H2,1-3H3. The molecule has 0 spiro atoms. The van der Waals surface area contributed by atoms with Gasteiger partial charge in [0.05, 0.1) is 17.9 Å². The highest BCUT2D eigenvalue weighted by Gasteiger charge is 2.10. The summed E-state index contributed by atoms with van der Waals surface area (Å²) < 4.78 is 6.85. The Morgan fingerprint density at radius 2 is 2.40 bits per heavy atom. The van der Waals surface area contributed by atoms with Crippen molar-refractivity contribution < 1.29 is 9.53 Å². The molecule has 1 aromatic rings. The summed E-state index contributed by atoms with van der Waals surface area (Å²) >= 11 is 0. The molecule has 4 nitrogen and oxygen atoms in total. The van der Waals surface area contributed by atoms with E-state index >= 15 is 0 Å². The number of Topliss-reactive ketones (excluding diaryl/α,β-unsaturated/α-hetero) is 1. The minimum atomic E-state index is 0.134. The molecular formula is C11H18N2O2. The number of nitrogens with zero attached hydrogens (tertiary/aromatic N) is 2. The maximum atomic E-state index is 11.7. The van der Waals surface area contributed by atoms with Crippen LogP contribution in [0.2, 0.25) is 0 Å². The Balaban J connectivity index is 2.46. The van der Waals surface area contributed by atoms with Crippen LogP contribution in [0, 0.1) is 0 Å². The van der Waals surface area contributed by atoms with Crippen LogP contribution in [0.15, 0.2) is 12.4 Å². The Morgan fingerprint density at radius 1 is 1.67 bits per heavy atom. The highest BCUT2D eigenvalue weighted by atomic mass is 16.5. The first kappa shape index (κ1) is 11.9. The lowest BCUT2D eigenvalue weighted by Crippen LogP contribution is -2.08. The number of hydrogen-bond donors (Lipinski definition) is 0. The van der Waals surface area contributed by atoms with E-state index in [4.69, 9.17) is 4.74 Å². The molecule has 1 atom stereocenters. The Kier molecular flexibility index (Phi) is 4.49. The zero-order valence-corrected chi connectivity index (χ0v) is 9.56. The molecule has 0 saturated carbocycles. The summed E-state index contributed by atoms with van der Waals surface area (Å²) in [7, 11) is 1.66. The van der Waals surface area contributed by atoms with E-state index in [0.717, 1.165) is 13.0 Å². The summed E-state index contributed by atoms with van der Waals surface area (Å²) in [5.74, 6) is 0.138. The highest BCUT2D eigenvalue weighted by Crippen LogP contribution is 2.07. The quantitative estimate of drug-likeness (QED) is 0.673. The number of hydrogen-bond acceptors (Lipinski definition) is 3. The topological polar surface area (TPSA) is 44.1 Å². The first-order valence-corrected chi connectivity index (χ1v) is 5.25. The lowest BCUT2D eigenvalue weighted by Gasteiger charge is -2.06. The van der Waals surface area contributed by atoms with Crippen molar-refractivity contribution in [3.8, 4) is 0 Å². The molecule has 1 heterocycles. The molecule has 15 heavy (non-hydrogen) atoms. The smallest absolute Gasteiger partial charge is 0.166 e. The Morgan fingerprint density at radius 3 is 2.93 bits per heavy atom. The average molecular weight is 210 g/mol. The first-order chi connectivity index (χ1) is 7.17. The van der Waals surface area contributed by atoms with Crippen molar-refractivity contribution in [3.05, 3.63) is 18.0 Å². The van der Waals surface area contributed by atoms with Gasteiger partial charge in [0, 0.05) is 26.3 Å². The van der Waals surface area contributed by atoms with E-state index in [1.807, 2.05) is 13.8 Å². The number of aryl methyl sites for hydroxylation is 1. The Hall–Kier alpha value is -1.16. The van der Waals surface area contributed by atoms with Crippen LogP contribution in [0.3, 0.4) is 0 Å². The van der Waals surface area contributed by atoms with Crippen LogP contribution in [0.5, 0.6) is 0 Å². The van der Waals surface area contributed by atoms with E-state index in [2.05, 4.69) is 5.10 Å². The fourth-order valence-corrected chi connectivity index (χ4v) is 1.28. The molecule has 1 unspecified atom stereocenters. The molecular weight excluding hydrogens is 192 g/mol. The lowest BCUT2D eigenvalue weighted by atomic mass is 10.1. The molecule has 0 aliphatic heterocycles. The predicted molar refractivity (Wildman–Crippen MR) is 57.9 cm³/mol. The third-order valence-electron chi connectivity index (χ3n) is 2.46. The van der Waals surface area contributed by atoms with Crippen LogP contribution >= 0.6 is 0 Å². The Bertz CT molecular complexity index is 320. The predicted octanol–water partition coefficient (Wildman–Crippen LogP) is 1.90. The molecule has 0 amide bonds. The van der Waals surface area contributed by atoms with Gasteiger partial charge in [0.25, 0.3) is 0 Å². The molecule has 0 bridgehead atoms. The van der Waals surface area contributed by atoms with Crippen molar-refractivity contribution in [2.75, 3.05) is 7.11 Å². The van der Waals surface area contributed by atoms with E-state index in [1.54, 1.807) is 24.2 Å². The van der Waals surface area contributed by atoms with E-state index < -0.39 is 0 Å². The zero-order chi connectivity index (χ0) is 11.3. The number of aromatic nitrogens is 2. The second kappa shape index (κ2) is 5.66. The summed E-state index contributed by atoms with van der Waals surface area (Å²) in [6.45, 7) is 4.75. The van der Waals surface area contributed by atoms with E-state index in [1.165, 1.54) is 0 Å². The molecule has 1 rings (SSSR count). The van der Waals surface area contributed by atoms with Gasteiger partial charge in [-0.25, -0.2) is 0 Å². The fraction of sp³-hybridized carbons (Fsp3) is 0.636. The molecule has 0 aliphatic rings. The maximum Gasteiger partial charge on any atom is 0.166 e. The number of rotatable bonds is 6. The van der Waals surface area contributed by atoms with Crippen molar-refractivity contribution in [1.82, 2.24) is 9.78 Å². The van der Waals surface area contributed by atoms with Gasteiger partial charge in [-0.1, -0.05) is 0 Å². The fourth-order valence-electron chi connectivity index (χ4n) is 1.28. The summed E-state index contributed by atoms with van der Waals surface area (Å²) in [5.41, 5.74) is 0.695. The first-order valence-electron chi connectivity index (χ1n) is 5.25. The normalized spacial score (nSPS) is 12.7. The van der Waals surface area contributed by atoms with Crippen LogP contribution in [-0.2, 0) is 11.3 Å². The number of methoxy groups -OCH3 is 1. The number of carbonyl (C=O) groups is 1. The maximum absolute atomic E-state index is 11.7. The lowest BCUT2D eigenvalue weighted by molar-refractivity contribution is 0.0877. The summed E-state index contributed by atoms with van der Waals surface area (Å²) in [4.78, 5) is 11.7. The molecule has 0 fully saturated rings. The summed E-state index contributed by atoms with van der Waals surface area (Å²) in [6, 6.07) is 0. The largest absolute Gasteiger partial charge is 0.382 e. The van der Waals surface area contributed by atoms with Gasteiger partial charge in [-0.3, -0.25) is 9.48 Å². The monoisotopic (exact) mass is 210 g/mol. The van der Waals surface area contributed by atoms with Crippen LogP contribution in [0.1, 0.15) is 37.0 Å². The van der Waals surface area contributed by atoms with Crippen LogP contribution in [0.4, 0.5) is 0 Å². The minimum Gasteiger partial charge on any atom is -0.382 e. The molecule has 0 N–H and O–H groups in total. The number of carbonyl (C=O) groups excluding carboxylic acids is 1. The minimum absolute atomic E-state index is 0.134. The van der Waals surface area contributed by atoms with Crippen molar-refractivity contribution in [2.24, 2.45) is 0 Å². The van der Waals surface area contributed by atoms with E-state index in [0.29, 0.717) is 12.0 Å². The van der Waals surface area contributed by atoms with Crippen LogP contribution in [0.25, 0.3) is 0 Å². The van der Waals surface area contributed by atoms with Crippen molar-refractivity contribution in [2.45, 2.75) is 39.3 Å². The summed E-state index contributed by atoms with van der Waals surface area (Å²) in [5, 5.41) is 4.07. The van der Waals surface area contributed by atoms with Crippen LogP contribution < -0.4 is 0 Å². The zero-order valence-electron chi connectivity index (χ0n) is 9.56. The van der Waals surface area contributed by atoms with Gasteiger partial charge in [-0.05, 0) is 20.3 Å². The van der Waals surface area contributed by atoms with Gasteiger partial charge in [0.1, 0.15) is 0 Å². The van der Waals surface area contributed by atoms with Gasteiger partial charge in [-0.2, -0.15) is 5.10 Å². The van der Waals surface area contributed by atoms with Gasteiger partial charge >= 0.3 is 0 Å². The van der Waals surface area contributed by atoms with Gasteiger partial charge in [-0.15, -0.1) is 0 Å². The van der Waals surface area contributed by atoms with Gasteiger partial charge in [0.15, 0.2) is 5.78 Å². The van der Waals surface area contributed by atoms with Gasteiger partial charge < -0.3 is 4.74 Å². The Labute approximate surface area is 90.2 Å². The molecule has 0 aromatic carbocycles. The second-order valence-corrected chi connectivity index (χ2v) is 3.59. The van der Waals surface area contributed by atoms with Crippen molar-refractivity contribution >= 4 is 5.78 Å². The molecule has 1 aromatic heterocycles. The van der Waals surface area contributed by atoms with Crippen LogP contribution in [-0.4, -0.2) is 28.8 Å². The third-order valence-corrected chi connectivity index (χ3v) is 2.46. The van der Waals surface area contributed by atoms with Crippen molar-refractivity contribution in [3.63, 3.8) is 0 Å². The van der Waals surface area contributed by atoms with Crippen molar-refractivity contribution in [1.29, 1.82) is 0 Å². The molecule has 84 valence electrons. The van der Waals surface area contributed by atoms with Gasteiger partial charge in [0.2, 0.25) is 0 Å². The molecule has 0 radical (unpaired) electrons.